The largest absolute Gasteiger partial charge is 0.448 e. The Hall–Kier alpha value is -3.18. The first-order valence-electron chi connectivity index (χ1n) is 11.7. The Morgan fingerprint density at radius 2 is 1.45 bits per heavy atom. The molecule has 2 saturated heterocycles. The van der Waals surface area contributed by atoms with Crippen molar-refractivity contribution in [2.75, 3.05) is 6.61 Å². The minimum absolute atomic E-state index is 0.0131. The average molecular weight is 444 g/mol. The maximum atomic E-state index is 14.4. The van der Waals surface area contributed by atoms with Crippen molar-refractivity contribution < 1.29 is 19.0 Å². The summed E-state index contributed by atoms with van der Waals surface area (Å²) in [5.41, 5.74) is 3.83. The van der Waals surface area contributed by atoms with Crippen molar-refractivity contribution in [3.63, 3.8) is 0 Å². The molecule has 6 rings (SSSR count). The van der Waals surface area contributed by atoms with Crippen LogP contribution >= 0.6 is 0 Å². The Bertz CT molecular complexity index is 1170. The van der Waals surface area contributed by atoms with Crippen molar-refractivity contribution in [1.29, 1.82) is 0 Å². The monoisotopic (exact) mass is 443 g/mol. The summed E-state index contributed by atoms with van der Waals surface area (Å²) in [6, 6.07) is 22.7. The van der Waals surface area contributed by atoms with Gasteiger partial charge in [0.2, 0.25) is 0 Å². The predicted molar refractivity (Wildman–Crippen MR) is 123 cm³/mol. The standard InChI is InChI=1S/C28H26FNO3/c29-26-12-6-5-11-25(26)28(32)15-18-13-14-19(16-28)30(18)27(31)33-17-24-22-9-3-1-7-20(22)21-8-2-4-10-23(21)24/h1-12,18-19,24,32H,13-17H2. The summed E-state index contributed by atoms with van der Waals surface area (Å²) in [6.45, 7) is 0.278. The van der Waals surface area contributed by atoms with E-state index in [0.29, 0.717) is 18.4 Å². The molecule has 2 fully saturated rings. The molecule has 1 amide bonds. The van der Waals surface area contributed by atoms with Gasteiger partial charge in [-0.2, -0.15) is 0 Å². The van der Waals surface area contributed by atoms with Crippen LogP contribution in [0.5, 0.6) is 0 Å². The number of hydrogen-bond donors (Lipinski definition) is 1. The normalized spacial score (nSPS) is 25.6. The van der Waals surface area contributed by atoms with Crippen LogP contribution in [0.3, 0.4) is 0 Å². The predicted octanol–water partition coefficient (Wildman–Crippen LogP) is 5.59. The number of benzene rings is 3. The number of ether oxygens (including phenoxy) is 1. The van der Waals surface area contributed by atoms with Crippen LogP contribution in [0.15, 0.2) is 72.8 Å². The lowest BCUT2D eigenvalue weighted by Crippen LogP contribution is -2.52. The number of nitrogens with zero attached hydrogens (tertiary/aromatic N) is 1. The lowest BCUT2D eigenvalue weighted by molar-refractivity contribution is -0.0551. The van der Waals surface area contributed by atoms with Gasteiger partial charge in [-0.25, -0.2) is 9.18 Å². The zero-order chi connectivity index (χ0) is 22.6. The van der Waals surface area contributed by atoms with Gasteiger partial charge in [0.1, 0.15) is 12.4 Å². The Labute approximate surface area is 192 Å². The summed E-state index contributed by atoms with van der Waals surface area (Å²) in [5, 5.41) is 11.3. The number of rotatable bonds is 3. The molecule has 0 saturated carbocycles. The van der Waals surface area contributed by atoms with Gasteiger partial charge >= 0.3 is 6.09 Å². The molecule has 0 radical (unpaired) electrons. The van der Waals surface area contributed by atoms with Crippen LogP contribution in [0.4, 0.5) is 9.18 Å². The van der Waals surface area contributed by atoms with Crippen LogP contribution in [0, 0.1) is 5.82 Å². The molecule has 0 spiro atoms. The molecule has 1 aliphatic carbocycles. The quantitative estimate of drug-likeness (QED) is 0.574. The fourth-order valence-corrected chi connectivity index (χ4v) is 6.25. The third-order valence-corrected chi connectivity index (χ3v) is 7.69. The zero-order valence-electron chi connectivity index (χ0n) is 18.3. The van der Waals surface area contributed by atoms with E-state index in [4.69, 9.17) is 4.74 Å². The molecule has 2 atom stereocenters. The number of carbonyl (C=O) groups excluding carboxylic acids is 1. The molecular formula is C28H26FNO3. The SMILES string of the molecule is O=C(OCC1c2ccccc2-c2ccccc21)N1C2CCC1CC(O)(c1ccccc1F)C2. The van der Waals surface area contributed by atoms with Crippen LogP contribution in [0.25, 0.3) is 11.1 Å². The second-order valence-corrected chi connectivity index (χ2v) is 9.52. The highest BCUT2D eigenvalue weighted by Gasteiger charge is 2.51. The Morgan fingerprint density at radius 1 is 0.909 bits per heavy atom. The van der Waals surface area contributed by atoms with E-state index < -0.39 is 11.4 Å². The van der Waals surface area contributed by atoms with Crippen molar-refractivity contribution in [3.05, 3.63) is 95.3 Å². The highest BCUT2D eigenvalue weighted by Crippen LogP contribution is 2.47. The molecule has 2 bridgehead atoms. The summed E-state index contributed by atoms with van der Waals surface area (Å²) < 4.78 is 20.3. The fraction of sp³-hybridized carbons (Fsp3) is 0.321. The van der Waals surface area contributed by atoms with E-state index in [2.05, 4.69) is 24.3 Å². The maximum absolute atomic E-state index is 14.4. The second-order valence-electron chi connectivity index (χ2n) is 9.52. The molecule has 2 heterocycles. The van der Waals surface area contributed by atoms with Gasteiger partial charge in [0.25, 0.3) is 0 Å². The fourth-order valence-electron chi connectivity index (χ4n) is 6.25. The van der Waals surface area contributed by atoms with E-state index in [0.717, 1.165) is 12.8 Å². The maximum Gasteiger partial charge on any atom is 0.410 e. The average Bonchev–Trinajstić information content (AvgIpc) is 3.30. The van der Waals surface area contributed by atoms with E-state index in [1.54, 1.807) is 23.1 Å². The van der Waals surface area contributed by atoms with E-state index >= 15 is 0 Å². The lowest BCUT2D eigenvalue weighted by atomic mass is 9.80. The van der Waals surface area contributed by atoms with Gasteiger partial charge in [0, 0.05) is 36.4 Å². The molecule has 2 unspecified atom stereocenters. The minimum atomic E-state index is -1.25. The summed E-state index contributed by atoms with van der Waals surface area (Å²) >= 11 is 0. The second kappa shape index (κ2) is 7.70. The number of amides is 1. The van der Waals surface area contributed by atoms with Gasteiger partial charge in [-0.1, -0.05) is 66.7 Å². The molecule has 3 aromatic rings. The molecule has 3 aromatic carbocycles. The number of halogens is 1. The van der Waals surface area contributed by atoms with Crippen LogP contribution in [0.2, 0.25) is 0 Å². The van der Waals surface area contributed by atoms with Gasteiger partial charge < -0.3 is 14.7 Å². The number of carbonyl (C=O) groups is 1. The van der Waals surface area contributed by atoms with Crippen molar-refractivity contribution >= 4 is 6.09 Å². The Morgan fingerprint density at radius 3 is 2.06 bits per heavy atom. The first-order valence-corrected chi connectivity index (χ1v) is 11.7. The summed E-state index contributed by atoms with van der Waals surface area (Å²) in [4.78, 5) is 15.0. The van der Waals surface area contributed by atoms with E-state index in [1.165, 1.54) is 28.3 Å². The van der Waals surface area contributed by atoms with Crippen LogP contribution in [-0.4, -0.2) is 34.8 Å². The molecule has 5 heteroatoms. The van der Waals surface area contributed by atoms with Gasteiger partial charge in [-0.05, 0) is 41.2 Å². The van der Waals surface area contributed by atoms with Gasteiger partial charge in [-0.3, -0.25) is 0 Å². The number of hydrogen-bond acceptors (Lipinski definition) is 3. The molecule has 2 aliphatic heterocycles. The highest BCUT2D eigenvalue weighted by atomic mass is 19.1. The smallest absolute Gasteiger partial charge is 0.410 e. The summed E-state index contributed by atoms with van der Waals surface area (Å²) in [7, 11) is 0. The summed E-state index contributed by atoms with van der Waals surface area (Å²) in [6.07, 6.45) is 1.92. The molecular weight excluding hydrogens is 417 g/mol. The van der Waals surface area contributed by atoms with Crippen molar-refractivity contribution in [1.82, 2.24) is 4.90 Å². The van der Waals surface area contributed by atoms with E-state index in [1.807, 2.05) is 24.3 Å². The topological polar surface area (TPSA) is 49.8 Å². The third kappa shape index (κ3) is 3.25. The first-order chi connectivity index (χ1) is 16.0. The van der Waals surface area contributed by atoms with Crippen LogP contribution in [-0.2, 0) is 10.3 Å². The van der Waals surface area contributed by atoms with Gasteiger partial charge in [0.05, 0.1) is 5.60 Å². The van der Waals surface area contributed by atoms with Gasteiger partial charge in [-0.15, -0.1) is 0 Å². The van der Waals surface area contributed by atoms with Crippen LogP contribution in [0.1, 0.15) is 48.3 Å². The molecule has 168 valence electrons. The molecule has 4 nitrogen and oxygen atoms in total. The lowest BCUT2D eigenvalue weighted by Gasteiger charge is -2.43. The summed E-state index contributed by atoms with van der Waals surface area (Å²) in [5.74, 6) is -0.381. The van der Waals surface area contributed by atoms with Crippen molar-refractivity contribution in [3.8, 4) is 11.1 Å². The number of fused-ring (bicyclic) bond motifs is 5. The molecule has 1 N–H and O–H groups in total. The van der Waals surface area contributed by atoms with Crippen LogP contribution < -0.4 is 0 Å². The molecule has 0 aromatic heterocycles. The zero-order valence-corrected chi connectivity index (χ0v) is 18.3. The van der Waals surface area contributed by atoms with E-state index in [9.17, 15) is 14.3 Å². The van der Waals surface area contributed by atoms with E-state index in [-0.39, 0.29) is 30.7 Å². The van der Waals surface area contributed by atoms with Gasteiger partial charge in [0.15, 0.2) is 0 Å². The molecule has 3 aliphatic rings. The third-order valence-electron chi connectivity index (χ3n) is 7.69. The Kier molecular flexibility index (Phi) is 4.77. The van der Waals surface area contributed by atoms with Crippen molar-refractivity contribution in [2.45, 2.75) is 49.3 Å². The number of piperidine rings is 1. The highest BCUT2D eigenvalue weighted by molar-refractivity contribution is 5.79. The Balaban J connectivity index is 1.19. The van der Waals surface area contributed by atoms with Crippen molar-refractivity contribution in [2.24, 2.45) is 0 Å². The minimum Gasteiger partial charge on any atom is -0.448 e. The first kappa shape index (κ1) is 20.4. The molecule has 33 heavy (non-hydrogen) atoms. The number of aliphatic hydroxyl groups is 1.